The monoisotopic (exact) mass is 284 g/mol. The van der Waals surface area contributed by atoms with E-state index in [9.17, 15) is 14.7 Å². The predicted molar refractivity (Wildman–Crippen MR) is 77.0 cm³/mol. The van der Waals surface area contributed by atoms with Gasteiger partial charge in [-0.3, -0.25) is 9.59 Å². The standard InChI is InChI=1S/C16H16N2O3/c19-15(11-3-1-2-9-6-7-17-14(9)11)18-10-4-5-13(18)12(8-10)16(20)21/h1-3,6-7,10,12-13,17H,4-5,8H2,(H,20,21). The van der Waals surface area contributed by atoms with Gasteiger partial charge in [-0.1, -0.05) is 12.1 Å². The number of hydrogen-bond donors (Lipinski definition) is 2. The number of nitrogens with one attached hydrogen (secondary N) is 1. The number of carbonyl (C=O) groups excluding carboxylic acids is 1. The van der Waals surface area contributed by atoms with Crippen LogP contribution in [0.25, 0.3) is 10.9 Å². The number of benzene rings is 1. The highest BCUT2D eigenvalue weighted by molar-refractivity contribution is 6.06. The van der Waals surface area contributed by atoms with E-state index in [1.54, 1.807) is 0 Å². The molecule has 4 rings (SSSR count). The number of fused-ring (bicyclic) bond motifs is 3. The first-order valence-corrected chi connectivity index (χ1v) is 7.28. The number of aromatic nitrogens is 1. The fraction of sp³-hybridized carbons (Fsp3) is 0.375. The first kappa shape index (κ1) is 12.4. The van der Waals surface area contributed by atoms with Crippen LogP contribution in [0.4, 0.5) is 0 Å². The molecule has 5 nitrogen and oxygen atoms in total. The topological polar surface area (TPSA) is 73.4 Å². The van der Waals surface area contributed by atoms with Gasteiger partial charge in [-0.15, -0.1) is 0 Å². The number of rotatable bonds is 2. The van der Waals surface area contributed by atoms with Gasteiger partial charge in [-0.25, -0.2) is 0 Å². The van der Waals surface area contributed by atoms with E-state index in [2.05, 4.69) is 4.98 Å². The maximum atomic E-state index is 12.9. The zero-order chi connectivity index (χ0) is 14.6. The lowest BCUT2D eigenvalue weighted by Crippen LogP contribution is -2.38. The highest BCUT2D eigenvalue weighted by atomic mass is 16.4. The van der Waals surface area contributed by atoms with E-state index in [0.29, 0.717) is 12.0 Å². The summed E-state index contributed by atoms with van der Waals surface area (Å²) < 4.78 is 0. The van der Waals surface area contributed by atoms with Crippen LogP contribution in [0.15, 0.2) is 30.5 Å². The van der Waals surface area contributed by atoms with E-state index in [1.807, 2.05) is 35.4 Å². The highest BCUT2D eigenvalue weighted by Crippen LogP contribution is 2.42. The molecule has 2 fully saturated rings. The molecule has 3 unspecified atom stereocenters. The van der Waals surface area contributed by atoms with Gasteiger partial charge in [-0.05, 0) is 31.4 Å². The van der Waals surface area contributed by atoms with Crippen LogP contribution in [-0.2, 0) is 4.79 Å². The van der Waals surface area contributed by atoms with Gasteiger partial charge in [0.1, 0.15) is 0 Å². The number of carboxylic acids is 1. The molecule has 21 heavy (non-hydrogen) atoms. The van der Waals surface area contributed by atoms with Crippen LogP contribution in [0.5, 0.6) is 0 Å². The molecule has 2 aromatic rings. The highest BCUT2D eigenvalue weighted by Gasteiger charge is 2.51. The molecule has 0 radical (unpaired) electrons. The van der Waals surface area contributed by atoms with Crippen molar-refractivity contribution in [1.29, 1.82) is 0 Å². The average molecular weight is 284 g/mol. The second kappa shape index (κ2) is 4.35. The number of hydrogen-bond acceptors (Lipinski definition) is 2. The summed E-state index contributed by atoms with van der Waals surface area (Å²) in [6.45, 7) is 0. The lowest BCUT2D eigenvalue weighted by Gasteiger charge is -2.23. The molecule has 108 valence electrons. The van der Waals surface area contributed by atoms with E-state index in [0.717, 1.165) is 23.7 Å². The Labute approximate surface area is 121 Å². The molecule has 0 aliphatic carbocycles. The van der Waals surface area contributed by atoms with Crippen LogP contribution in [0.2, 0.25) is 0 Å². The van der Waals surface area contributed by atoms with Crippen molar-refractivity contribution in [3.63, 3.8) is 0 Å². The average Bonchev–Trinajstić information content (AvgIpc) is 3.19. The molecule has 1 amide bonds. The number of para-hydroxylation sites is 1. The van der Waals surface area contributed by atoms with Gasteiger partial charge < -0.3 is 15.0 Å². The first-order chi connectivity index (χ1) is 10.2. The minimum Gasteiger partial charge on any atom is -0.481 e. The van der Waals surface area contributed by atoms with E-state index < -0.39 is 11.9 Å². The van der Waals surface area contributed by atoms with Crippen LogP contribution >= 0.6 is 0 Å². The number of aromatic amines is 1. The number of carboxylic acid groups (broad SMARTS) is 1. The Hall–Kier alpha value is -2.30. The zero-order valence-electron chi connectivity index (χ0n) is 11.5. The Balaban J connectivity index is 1.73. The third-order valence-corrected chi connectivity index (χ3v) is 4.91. The molecule has 1 aromatic carbocycles. The first-order valence-electron chi connectivity index (χ1n) is 7.28. The molecule has 2 N–H and O–H groups in total. The van der Waals surface area contributed by atoms with Crippen LogP contribution in [-0.4, -0.2) is 39.0 Å². The second-order valence-electron chi connectivity index (χ2n) is 5.94. The molecule has 2 bridgehead atoms. The number of nitrogens with zero attached hydrogens (tertiary/aromatic N) is 1. The number of carbonyl (C=O) groups is 2. The Morgan fingerprint density at radius 2 is 2.10 bits per heavy atom. The van der Waals surface area contributed by atoms with E-state index in [4.69, 9.17) is 0 Å². The Kier molecular flexibility index (Phi) is 2.58. The Morgan fingerprint density at radius 1 is 1.24 bits per heavy atom. The number of aliphatic carboxylic acids is 1. The number of amides is 1. The van der Waals surface area contributed by atoms with Gasteiger partial charge in [0.2, 0.25) is 0 Å². The van der Waals surface area contributed by atoms with Gasteiger partial charge in [-0.2, -0.15) is 0 Å². The van der Waals surface area contributed by atoms with Crippen molar-refractivity contribution < 1.29 is 14.7 Å². The number of H-pyrrole nitrogens is 1. The summed E-state index contributed by atoms with van der Waals surface area (Å²) >= 11 is 0. The normalized spacial score (nSPS) is 27.4. The van der Waals surface area contributed by atoms with Gasteiger partial charge in [0.25, 0.3) is 5.91 Å². The molecule has 2 saturated heterocycles. The fourth-order valence-corrected chi connectivity index (χ4v) is 3.97. The summed E-state index contributed by atoms with van der Waals surface area (Å²) in [5.41, 5.74) is 1.47. The van der Waals surface area contributed by atoms with Gasteiger partial charge >= 0.3 is 5.97 Å². The molecule has 0 spiro atoms. The minimum absolute atomic E-state index is 0.0423. The fourth-order valence-electron chi connectivity index (χ4n) is 3.97. The Morgan fingerprint density at radius 3 is 2.86 bits per heavy atom. The SMILES string of the molecule is O=C(O)C1CC2CCC1N2C(=O)c1cccc2cc[nH]c12. The smallest absolute Gasteiger partial charge is 0.308 e. The molecule has 1 aromatic heterocycles. The van der Waals surface area contributed by atoms with Crippen molar-refractivity contribution in [2.75, 3.05) is 0 Å². The zero-order valence-corrected chi connectivity index (χ0v) is 11.5. The third kappa shape index (κ3) is 1.70. The van der Waals surface area contributed by atoms with Crippen molar-refractivity contribution in [2.45, 2.75) is 31.3 Å². The van der Waals surface area contributed by atoms with Crippen molar-refractivity contribution in [3.8, 4) is 0 Å². The van der Waals surface area contributed by atoms with Crippen molar-refractivity contribution in [3.05, 3.63) is 36.0 Å². The molecule has 0 saturated carbocycles. The van der Waals surface area contributed by atoms with E-state index in [1.165, 1.54) is 0 Å². The van der Waals surface area contributed by atoms with Crippen molar-refractivity contribution in [2.24, 2.45) is 5.92 Å². The molecule has 3 heterocycles. The lowest BCUT2D eigenvalue weighted by molar-refractivity contribution is -0.142. The second-order valence-corrected chi connectivity index (χ2v) is 5.94. The third-order valence-electron chi connectivity index (χ3n) is 4.91. The lowest BCUT2D eigenvalue weighted by atomic mass is 9.89. The minimum atomic E-state index is -0.780. The van der Waals surface area contributed by atoms with Crippen molar-refractivity contribution in [1.82, 2.24) is 9.88 Å². The molecule has 3 atom stereocenters. The van der Waals surface area contributed by atoms with Crippen molar-refractivity contribution >= 4 is 22.8 Å². The summed E-state index contributed by atoms with van der Waals surface area (Å²) in [6.07, 6.45) is 4.13. The van der Waals surface area contributed by atoms with Crippen LogP contribution < -0.4 is 0 Å². The molecular formula is C16H16N2O3. The summed E-state index contributed by atoms with van der Waals surface area (Å²) in [5, 5.41) is 10.3. The largest absolute Gasteiger partial charge is 0.481 e. The molecule has 2 aliphatic rings. The summed E-state index contributed by atoms with van der Waals surface area (Å²) in [5.74, 6) is -1.23. The maximum Gasteiger partial charge on any atom is 0.308 e. The predicted octanol–water partition coefficient (Wildman–Crippen LogP) is 2.25. The van der Waals surface area contributed by atoms with Gasteiger partial charge in [0, 0.05) is 23.7 Å². The molecular weight excluding hydrogens is 268 g/mol. The van der Waals surface area contributed by atoms with E-state index in [-0.39, 0.29) is 18.0 Å². The Bertz CT molecular complexity index is 736. The summed E-state index contributed by atoms with van der Waals surface area (Å²) in [6, 6.07) is 7.51. The summed E-state index contributed by atoms with van der Waals surface area (Å²) in [4.78, 5) is 29.2. The van der Waals surface area contributed by atoms with Crippen LogP contribution in [0.3, 0.4) is 0 Å². The van der Waals surface area contributed by atoms with Gasteiger partial charge in [0.15, 0.2) is 0 Å². The molecule has 2 aliphatic heterocycles. The maximum absolute atomic E-state index is 12.9. The molecule has 5 heteroatoms. The van der Waals surface area contributed by atoms with Crippen LogP contribution in [0, 0.1) is 5.92 Å². The van der Waals surface area contributed by atoms with Crippen LogP contribution in [0.1, 0.15) is 29.6 Å². The van der Waals surface area contributed by atoms with E-state index >= 15 is 0 Å². The quantitative estimate of drug-likeness (QED) is 0.888. The van der Waals surface area contributed by atoms with Gasteiger partial charge in [0.05, 0.1) is 17.0 Å². The summed E-state index contributed by atoms with van der Waals surface area (Å²) in [7, 11) is 0.